The zero-order valence-electron chi connectivity index (χ0n) is 4.87. The minimum Gasteiger partial charge on any atom is -0.756 e. The molecule has 0 atom stereocenters. The van der Waals surface area contributed by atoms with E-state index in [2.05, 4.69) is 0 Å². The van der Waals surface area contributed by atoms with Gasteiger partial charge in [-0.25, -0.2) is 0 Å². The van der Waals surface area contributed by atoms with Crippen LogP contribution in [0.15, 0.2) is 0 Å². The topological polar surface area (TPSA) is 144 Å². The van der Waals surface area contributed by atoms with E-state index in [1.54, 1.807) is 0 Å². The monoisotopic (exact) mass is 183 g/mol. The fourth-order valence-corrected chi connectivity index (χ4v) is 0. The van der Waals surface area contributed by atoms with Crippen LogP contribution in [-0.4, -0.2) is 20.1 Å². The van der Waals surface area contributed by atoms with Gasteiger partial charge < -0.3 is 19.9 Å². The molecule has 0 radical (unpaired) electrons. The first-order chi connectivity index (χ1) is 3.73. The van der Waals surface area contributed by atoms with Crippen molar-refractivity contribution in [1.29, 1.82) is 0 Å². The maximum absolute atomic E-state index is 8.77. The Kier molecular flexibility index (Phi) is 12.4. The van der Waals surface area contributed by atoms with Crippen molar-refractivity contribution in [3.05, 3.63) is 10.1 Å². The van der Waals surface area contributed by atoms with E-state index in [0.29, 0.717) is 0 Å². The van der Waals surface area contributed by atoms with Crippen molar-refractivity contribution in [2.75, 3.05) is 0 Å². The minimum atomic E-state index is -4.89. The first-order valence-corrected chi connectivity index (χ1v) is 2.86. The summed E-state index contributed by atoms with van der Waals surface area (Å²) >= 11 is 0. The van der Waals surface area contributed by atoms with Gasteiger partial charge in [0.05, 0.1) is 0 Å². The summed E-state index contributed by atoms with van der Waals surface area (Å²) in [6.45, 7) is 0. The first-order valence-electron chi connectivity index (χ1n) is 1.33. The van der Waals surface area contributed by atoms with Crippen LogP contribution >= 0.6 is 7.82 Å². The summed E-state index contributed by atoms with van der Waals surface area (Å²) in [5.74, 6) is 0. The summed E-state index contributed by atoms with van der Waals surface area (Å²) in [7, 11) is -4.89. The summed E-state index contributed by atoms with van der Waals surface area (Å²) in [4.78, 5) is 31.3. The molecule has 0 aromatic carbocycles. The molecule has 0 aliphatic heterocycles. The first kappa shape index (κ1) is 16.7. The van der Waals surface area contributed by atoms with Crippen LogP contribution in [0.3, 0.4) is 0 Å². The second-order valence-corrected chi connectivity index (χ2v) is 1.71. The van der Waals surface area contributed by atoms with Crippen molar-refractivity contribution in [2.45, 2.75) is 0 Å². The third-order valence-electron chi connectivity index (χ3n) is 0. The number of nitrogens with zero attached hydrogens (tertiary/aromatic N) is 1. The SMILES string of the molecule is O=P([O-])(O)O.O=[N+]([O-])O.[Na+]. The standard InChI is InChI=1S/HNO3.Na.H3O4P/c2-1(3)4;;1-5(2,3)4/h(H,2,3,4);;(H3,1,2,3,4)/q;+1;/p-1. The molecular weight excluding hydrogens is 180 g/mol. The fraction of sp³-hybridized carbons (Fsp3) is 0. The summed E-state index contributed by atoms with van der Waals surface area (Å²) in [5.41, 5.74) is 0. The average Bonchev–Trinajstić information content (AvgIpc) is 1.19. The van der Waals surface area contributed by atoms with Gasteiger partial charge in [-0.1, -0.05) is 0 Å². The molecule has 0 aliphatic rings. The molecule has 0 saturated heterocycles. The van der Waals surface area contributed by atoms with Crippen molar-refractivity contribution in [1.82, 2.24) is 0 Å². The Morgan fingerprint density at radius 1 is 1.40 bits per heavy atom. The third kappa shape index (κ3) is 4620. The van der Waals surface area contributed by atoms with Crippen molar-refractivity contribution >= 4 is 7.82 Å². The second kappa shape index (κ2) is 7.42. The van der Waals surface area contributed by atoms with Crippen LogP contribution in [0.2, 0.25) is 0 Å². The van der Waals surface area contributed by atoms with Crippen LogP contribution in [0.1, 0.15) is 0 Å². The Bertz CT molecular complexity index is 113. The van der Waals surface area contributed by atoms with Gasteiger partial charge in [-0.2, -0.15) is 0 Å². The Morgan fingerprint density at radius 3 is 1.40 bits per heavy atom. The van der Waals surface area contributed by atoms with Gasteiger partial charge in [0, 0.05) is 0 Å². The van der Waals surface area contributed by atoms with Gasteiger partial charge in [0.2, 0.25) is 0 Å². The molecule has 0 unspecified atom stereocenters. The molecule has 3 N–H and O–H groups in total. The van der Waals surface area contributed by atoms with Crippen LogP contribution in [0.25, 0.3) is 0 Å². The molecule has 10 heteroatoms. The summed E-state index contributed by atoms with van der Waals surface area (Å²) < 4.78 is 8.77. The molecule has 0 spiro atoms. The zero-order chi connectivity index (χ0) is 8.08. The maximum atomic E-state index is 8.77. The molecule has 0 rings (SSSR count). The van der Waals surface area contributed by atoms with Gasteiger partial charge >= 0.3 is 29.6 Å². The van der Waals surface area contributed by atoms with Crippen molar-refractivity contribution in [3.8, 4) is 0 Å². The summed E-state index contributed by atoms with van der Waals surface area (Å²) in [6, 6.07) is 0. The molecular formula is H3NNaO7P. The number of phosphoric acid groups is 1. The largest absolute Gasteiger partial charge is 1.00 e. The van der Waals surface area contributed by atoms with Crippen molar-refractivity contribution < 1.29 is 59.1 Å². The molecule has 0 amide bonds. The van der Waals surface area contributed by atoms with E-state index in [-0.39, 0.29) is 29.6 Å². The summed E-state index contributed by atoms with van der Waals surface area (Å²) in [5, 5.41) is 13.6. The van der Waals surface area contributed by atoms with E-state index in [4.69, 9.17) is 34.6 Å². The van der Waals surface area contributed by atoms with Gasteiger partial charge in [-0.3, -0.25) is 4.57 Å². The zero-order valence-corrected chi connectivity index (χ0v) is 7.76. The number of hydrogen-bond donors (Lipinski definition) is 3. The molecule has 0 aromatic rings. The van der Waals surface area contributed by atoms with Crippen LogP contribution in [0.5, 0.6) is 0 Å². The molecule has 10 heavy (non-hydrogen) atoms. The third-order valence-corrected chi connectivity index (χ3v) is 0. The Labute approximate surface area is 77.1 Å². The molecule has 0 heterocycles. The molecule has 0 fully saturated rings. The van der Waals surface area contributed by atoms with Crippen molar-refractivity contribution in [3.63, 3.8) is 0 Å². The van der Waals surface area contributed by atoms with Gasteiger partial charge in [-0.05, 0) is 0 Å². The smallest absolute Gasteiger partial charge is 0.756 e. The maximum Gasteiger partial charge on any atom is 1.00 e. The predicted molar refractivity (Wildman–Crippen MR) is 20.8 cm³/mol. The fourth-order valence-electron chi connectivity index (χ4n) is 0. The van der Waals surface area contributed by atoms with Gasteiger partial charge in [0.15, 0.2) is 0 Å². The molecule has 8 nitrogen and oxygen atoms in total. The van der Waals surface area contributed by atoms with E-state index in [1.807, 2.05) is 0 Å². The molecule has 0 aromatic heterocycles. The average molecular weight is 183 g/mol. The number of rotatable bonds is 0. The van der Waals surface area contributed by atoms with E-state index < -0.39 is 12.9 Å². The Morgan fingerprint density at radius 2 is 1.40 bits per heavy atom. The van der Waals surface area contributed by atoms with Gasteiger partial charge in [0.25, 0.3) is 12.9 Å². The van der Waals surface area contributed by atoms with E-state index >= 15 is 0 Å². The van der Waals surface area contributed by atoms with Crippen LogP contribution in [0, 0.1) is 10.1 Å². The Hall–Kier alpha value is 0.310. The van der Waals surface area contributed by atoms with Crippen LogP contribution < -0.4 is 34.5 Å². The molecule has 56 valence electrons. The molecule has 0 aliphatic carbocycles. The quantitative estimate of drug-likeness (QED) is 0.148. The predicted octanol–water partition coefficient (Wildman–Crippen LogP) is -4.90. The normalized spacial score (nSPS) is 8.30. The van der Waals surface area contributed by atoms with E-state index in [1.165, 1.54) is 0 Å². The van der Waals surface area contributed by atoms with Gasteiger partial charge in [0.1, 0.15) is 0 Å². The van der Waals surface area contributed by atoms with E-state index in [0.717, 1.165) is 0 Å². The number of hydrogen-bond acceptors (Lipinski definition) is 4. The Balaban J connectivity index is -0.0000000910. The second-order valence-electron chi connectivity index (χ2n) is 0.728. The van der Waals surface area contributed by atoms with Gasteiger partial charge in [-0.15, -0.1) is 10.1 Å². The van der Waals surface area contributed by atoms with E-state index in [9.17, 15) is 0 Å². The van der Waals surface area contributed by atoms with Crippen molar-refractivity contribution in [2.24, 2.45) is 0 Å². The summed E-state index contributed by atoms with van der Waals surface area (Å²) in [6.07, 6.45) is 0. The van der Waals surface area contributed by atoms with Crippen LogP contribution in [0.4, 0.5) is 0 Å². The molecule has 0 bridgehead atoms. The van der Waals surface area contributed by atoms with Crippen LogP contribution in [-0.2, 0) is 4.57 Å². The minimum absolute atomic E-state index is 0. The molecule has 0 saturated carbocycles.